The quantitative estimate of drug-likeness (QED) is 0.741. The number of hydrogen-bond acceptors (Lipinski definition) is 3. The Balaban J connectivity index is 1.61. The predicted molar refractivity (Wildman–Crippen MR) is 64.1 cm³/mol. The molecule has 0 heterocycles. The molecular weight excluding hydrogens is 208 g/mol. The standard InChI is InChI=1S/C11H20N2OS/c1-15-10-5-4-9(6-10)13-11(14)7-12-8-2-3-8/h8-10,12H,2-7H2,1H3,(H,13,14). The lowest BCUT2D eigenvalue weighted by Gasteiger charge is -2.12. The summed E-state index contributed by atoms with van der Waals surface area (Å²) in [6, 6.07) is 1.05. The van der Waals surface area contributed by atoms with Gasteiger partial charge in [-0.05, 0) is 38.4 Å². The molecule has 4 heteroatoms. The van der Waals surface area contributed by atoms with Gasteiger partial charge in [0, 0.05) is 17.3 Å². The van der Waals surface area contributed by atoms with Crippen molar-refractivity contribution >= 4 is 17.7 Å². The molecule has 15 heavy (non-hydrogen) atoms. The molecule has 0 aromatic rings. The van der Waals surface area contributed by atoms with Crippen LogP contribution in [0.25, 0.3) is 0 Å². The Morgan fingerprint density at radius 1 is 1.27 bits per heavy atom. The highest BCUT2D eigenvalue weighted by atomic mass is 32.2. The third kappa shape index (κ3) is 3.68. The van der Waals surface area contributed by atoms with Crippen LogP contribution in [0, 0.1) is 0 Å². The normalized spacial score (nSPS) is 30.5. The van der Waals surface area contributed by atoms with E-state index in [4.69, 9.17) is 0 Å². The molecule has 2 atom stereocenters. The molecule has 2 unspecified atom stereocenters. The smallest absolute Gasteiger partial charge is 0.234 e. The van der Waals surface area contributed by atoms with Crippen molar-refractivity contribution in [3.8, 4) is 0 Å². The van der Waals surface area contributed by atoms with Gasteiger partial charge in [0.25, 0.3) is 0 Å². The molecule has 2 aliphatic rings. The molecule has 2 rings (SSSR count). The monoisotopic (exact) mass is 228 g/mol. The number of nitrogens with one attached hydrogen (secondary N) is 2. The summed E-state index contributed by atoms with van der Waals surface area (Å²) in [6.45, 7) is 0.505. The molecule has 2 N–H and O–H groups in total. The Bertz CT molecular complexity index is 231. The molecule has 0 saturated heterocycles. The van der Waals surface area contributed by atoms with Crippen LogP contribution in [0.3, 0.4) is 0 Å². The van der Waals surface area contributed by atoms with E-state index in [1.54, 1.807) is 0 Å². The van der Waals surface area contributed by atoms with Crippen molar-refractivity contribution in [2.75, 3.05) is 12.8 Å². The van der Waals surface area contributed by atoms with Gasteiger partial charge in [-0.15, -0.1) is 0 Å². The van der Waals surface area contributed by atoms with Crippen LogP contribution in [0.5, 0.6) is 0 Å². The van der Waals surface area contributed by atoms with Crippen molar-refractivity contribution < 1.29 is 4.79 Å². The van der Waals surface area contributed by atoms with Crippen LogP contribution in [0.2, 0.25) is 0 Å². The van der Waals surface area contributed by atoms with Crippen LogP contribution in [0.1, 0.15) is 32.1 Å². The molecule has 86 valence electrons. The van der Waals surface area contributed by atoms with Crippen molar-refractivity contribution in [1.82, 2.24) is 10.6 Å². The molecule has 0 bridgehead atoms. The summed E-state index contributed by atoms with van der Waals surface area (Å²) in [5.74, 6) is 0.175. The van der Waals surface area contributed by atoms with Crippen LogP contribution in [0.15, 0.2) is 0 Å². The Hall–Kier alpha value is -0.220. The van der Waals surface area contributed by atoms with Gasteiger partial charge in [-0.1, -0.05) is 0 Å². The lowest BCUT2D eigenvalue weighted by atomic mass is 10.2. The first-order valence-corrected chi connectivity index (χ1v) is 7.12. The Morgan fingerprint density at radius 2 is 2.00 bits per heavy atom. The van der Waals surface area contributed by atoms with Gasteiger partial charge in [-0.25, -0.2) is 0 Å². The average molecular weight is 228 g/mol. The lowest BCUT2D eigenvalue weighted by molar-refractivity contribution is -0.120. The fraction of sp³-hybridized carbons (Fsp3) is 0.909. The van der Waals surface area contributed by atoms with Crippen LogP contribution in [-0.2, 0) is 4.79 Å². The first-order chi connectivity index (χ1) is 7.28. The van der Waals surface area contributed by atoms with Gasteiger partial charge in [-0.2, -0.15) is 11.8 Å². The second kappa shape index (κ2) is 5.21. The van der Waals surface area contributed by atoms with Gasteiger partial charge in [0.15, 0.2) is 0 Å². The van der Waals surface area contributed by atoms with Gasteiger partial charge >= 0.3 is 0 Å². The van der Waals surface area contributed by atoms with Gasteiger partial charge in [0.1, 0.15) is 0 Å². The van der Waals surface area contributed by atoms with Crippen molar-refractivity contribution in [2.45, 2.75) is 49.4 Å². The van der Waals surface area contributed by atoms with Crippen molar-refractivity contribution in [3.05, 3.63) is 0 Å². The zero-order valence-corrected chi connectivity index (χ0v) is 10.1. The third-order valence-electron chi connectivity index (χ3n) is 3.21. The minimum Gasteiger partial charge on any atom is -0.352 e. The summed E-state index contributed by atoms with van der Waals surface area (Å²) in [4.78, 5) is 11.5. The number of thioether (sulfide) groups is 1. The van der Waals surface area contributed by atoms with Crippen molar-refractivity contribution in [3.63, 3.8) is 0 Å². The molecule has 2 fully saturated rings. The largest absolute Gasteiger partial charge is 0.352 e. The summed E-state index contributed by atoms with van der Waals surface area (Å²) in [6.07, 6.45) is 8.19. The SMILES string of the molecule is CSC1CCC(NC(=O)CNC2CC2)C1. The second-order valence-electron chi connectivity index (χ2n) is 4.59. The molecule has 0 aliphatic heterocycles. The zero-order chi connectivity index (χ0) is 10.7. The molecule has 2 saturated carbocycles. The van der Waals surface area contributed by atoms with Gasteiger partial charge in [-0.3, -0.25) is 4.79 Å². The van der Waals surface area contributed by atoms with E-state index in [9.17, 15) is 4.79 Å². The number of rotatable bonds is 5. The number of carbonyl (C=O) groups is 1. The first-order valence-electron chi connectivity index (χ1n) is 5.83. The Kier molecular flexibility index (Phi) is 3.92. The molecule has 0 aromatic heterocycles. The van der Waals surface area contributed by atoms with Crippen molar-refractivity contribution in [2.24, 2.45) is 0 Å². The van der Waals surface area contributed by atoms with Gasteiger partial charge < -0.3 is 10.6 Å². The van der Waals surface area contributed by atoms with Crippen LogP contribution in [0.4, 0.5) is 0 Å². The summed E-state index contributed by atoms with van der Waals surface area (Å²) in [5.41, 5.74) is 0. The molecule has 3 nitrogen and oxygen atoms in total. The number of hydrogen-bond donors (Lipinski definition) is 2. The molecule has 1 amide bonds. The predicted octanol–water partition coefficient (Wildman–Crippen LogP) is 1.14. The highest BCUT2D eigenvalue weighted by molar-refractivity contribution is 7.99. The first kappa shape index (κ1) is 11.3. The van der Waals surface area contributed by atoms with E-state index >= 15 is 0 Å². The van der Waals surface area contributed by atoms with Crippen molar-refractivity contribution in [1.29, 1.82) is 0 Å². The molecule has 0 radical (unpaired) electrons. The van der Waals surface area contributed by atoms with Gasteiger partial charge in [0.05, 0.1) is 6.54 Å². The topological polar surface area (TPSA) is 41.1 Å². The van der Waals surface area contributed by atoms with E-state index in [1.165, 1.54) is 19.3 Å². The van der Waals surface area contributed by atoms with E-state index in [1.807, 2.05) is 11.8 Å². The average Bonchev–Trinajstić information content (AvgIpc) is 2.96. The summed E-state index contributed by atoms with van der Waals surface area (Å²) in [5, 5.41) is 7.11. The third-order valence-corrected chi connectivity index (χ3v) is 4.31. The fourth-order valence-corrected chi connectivity index (χ4v) is 2.89. The summed E-state index contributed by atoms with van der Waals surface area (Å²) < 4.78 is 0. The van der Waals surface area contributed by atoms with Crippen LogP contribution in [-0.4, -0.2) is 36.0 Å². The highest BCUT2D eigenvalue weighted by Gasteiger charge is 2.26. The lowest BCUT2D eigenvalue weighted by Crippen LogP contribution is -2.40. The minimum absolute atomic E-state index is 0.175. The Morgan fingerprint density at radius 3 is 2.60 bits per heavy atom. The van der Waals surface area contributed by atoms with E-state index in [0.29, 0.717) is 18.6 Å². The van der Waals surface area contributed by atoms with E-state index < -0.39 is 0 Å². The second-order valence-corrected chi connectivity index (χ2v) is 5.73. The highest BCUT2D eigenvalue weighted by Crippen LogP contribution is 2.28. The molecule has 0 spiro atoms. The minimum atomic E-state index is 0.175. The summed E-state index contributed by atoms with van der Waals surface area (Å²) in [7, 11) is 0. The molecular formula is C11H20N2OS. The number of amides is 1. The maximum Gasteiger partial charge on any atom is 0.234 e. The van der Waals surface area contributed by atoms with Crippen LogP contribution >= 0.6 is 11.8 Å². The molecule has 0 aromatic carbocycles. The van der Waals surface area contributed by atoms with Crippen LogP contribution < -0.4 is 10.6 Å². The Labute approximate surface area is 95.8 Å². The zero-order valence-electron chi connectivity index (χ0n) is 9.29. The maximum absolute atomic E-state index is 11.5. The van der Waals surface area contributed by atoms with E-state index in [-0.39, 0.29) is 5.91 Å². The maximum atomic E-state index is 11.5. The number of carbonyl (C=O) groups excluding carboxylic acids is 1. The van der Waals surface area contributed by atoms with E-state index in [2.05, 4.69) is 16.9 Å². The fourth-order valence-electron chi connectivity index (χ4n) is 2.09. The van der Waals surface area contributed by atoms with Gasteiger partial charge in [0.2, 0.25) is 5.91 Å². The van der Waals surface area contributed by atoms with E-state index in [0.717, 1.165) is 18.1 Å². The summed E-state index contributed by atoms with van der Waals surface area (Å²) >= 11 is 1.92. The molecule has 2 aliphatic carbocycles.